The number of alkyl halides is 3. The quantitative estimate of drug-likeness (QED) is 0.826. The zero-order valence-corrected chi connectivity index (χ0v) is 15.3. The van der Waals surface area contributed by atoms with E-state index in [9.17, 15) is 18.0 Å². The average Bonchev–Trinajstić information content (AvgIpc) is 3.18. The first-order valence-corrected chi connectivity index (χ1v) is 8.93. The Bertz CT molecular complexity index is 617. The van der Waals surface area contributed by atoms with Crippen molar-refractivity contribution in [3.8, 4) is 0 Å². The van der Waals surface area contributed by atoms with Crippen molar-refractivity contribution in [3.05, 3.63) is 24.2 Å². The van der Waals surface area contributed by atoms with E-state index in [-0.39, 0.29) is 11.8 Å². The fourth-order valence-electron chi connectivity index (χ4n) is 3.81. The van der Waals surface area contributed by atoms with Crippen molar-refractivity contribution >= 4 is 11.9 Å². The van der Waals surface area contributed by atoms with Crippen molar-refractivity contribution in [2.75, 3.05) is 13.1 Å². The minimum absolute atomic E-state index is 0.208. The molecule has 2 N–H and O–H groups in total. The molecule has 27 heavy (non-hydrogen) atoms. The topological polar surface area (TPSA) is 82.8 Å². The van der Waals surface area contributed by atoms with E-state index in [4.69, 9.17) is 14.3 Å². The lowest BCUT2D eigenvalue weighted by atomic mass is 9.84. The summed E-state index contributed by atoms with van der Waals surface area (Å²) in [5, 5.41) is 10.2. The second-order valence-electron chi connectivity index (χ2n) is 7.27. The highest BCUT2D eigenvalue weighted by Gasteiger charge is 2.46. The molecule has 1 aliphatic heterocycles. The van der Waals surface area contributed by atoms with Crippen LogP contribution in [0.5, 0.6) is 0 Å². The van der Waals surface area contributed by atoms with Gasteiger partial charge in [-0.1, -0.05) is 0 Å². The fraction of sp³-hybridized carbons (Fsp3) is 0.667. The Hall–Kier alpha value is -2.03. The SMILES string of the molecule is CC(C)N1CC2CCC(C1)C2C(=O)NCc1ccco1.O=C(O)C(F)(F)F. The summed E-state index contributed by atoms with van der Waals surface area (Å²) in [7, 11) is 0. The molecule has 1 amide bonds. The Morgan fingerprint density at radius 2 is 1.85 bits per heavy atom. The molecule has 152 valence electrons. The zero-order chi connectivity index (χ0) is 20.2. The molecule has 2 heterocycles. The van der Waals surface area contributed by atoms with Crippen LogP contribution in [0.1, 0.15) is 32.4 Å². The molecule has 1 saturated heterocycles. The largest absolute Gasteiger partial charge is 0.490 e. The van der Waals surface area contributed by atoms with Gasteiger partial charge in [-0.3, -0.25) is 4.79 Å². The van der Waals surface area contributed by atoms with Crippen molar-refractivity contribution in [1.29, 1.82) is 0 Å². The standard InChI is InChI=1S/C16H24N2O2.C2HF3O2/c1-11(2)18-9-12-5-6-13(10-18)15(12)16(19)17-8-14-4-3-7-20-14;3-2(4,5)1(6)7/h3-4,7,11-13,15H,5-6,8-10H2,1-2H3,(H,17,19);(H,6,7). The van der Waals surface area contributed by atoms with Crippen LogP contribution >= 0.6 is 0 Å². The third-order valence-electron chi connectivity index (χ3n) is 5.15. The molecule has 2 aliphatic rings. The molecule has 3 rings (SSSR count). The number of amides is 1. The molecule has 2 atom stereocenters. The van der Waals surface area contributed by atoms with Crippen LogP contribution in [0.4, 0.5) is 13.2 Å². The van der Waals surface area contributed by atoms with Gasteiger partial charge in [0.15, 0.2) is 0 Å². The second kappa shape index (κ2) is 8.77. The number of nitrogens with zero attached hydrogens (tertiary/aromatic N) is 1. The van der Waals surface area contributed by atoms with Gasteiger partial charge in [-0.2, -0.15) is 13.2 Å². The van der Waals surface area contributed by atoms with Gasteiger partial charge in [0.1, 0.15) is 5.76 Å². The highest BCUT2D eigenvalue weighted by Crippen LogP contribution is 2.42. The molecular weight excluding hydrogens is 365 g/mol. The lowest BCUT2D eigenvalue weighted by Gasteiger charge is -2.39. The lowest BCUT2D eigenvalue weighted by Crippen LogP contribution is -2.49. The number of rotatable bonds is 4. The number of furan rings is 1. The number of halogens is 3. The van der Waals surface area contributed by atoms with Gasteiger partial charge in [0.25, 0.3) is 0 Å². The monoisotopic (exact) mass is 390 g/mol. The van der Waals surface area contributed by atoms with Crippen molar-refractivity contribution in [3.63, 3.8) is 0 Å². The number of piperidine rings is 1. The first-order valence-electron chi connectivity index (χ1n) is 8.93. The van der Waals surface area contributed by atoms with E-state index in [1.165, 1.54) is 12.8 Å². The molecule has 9 heteroatoms. The molecule has 1 aliphatic carbocycles. The molecule has 6 nitrogen and oxygen atoms in total. The van der Waals surface area contributed by atoms with E-state index in [1.807, 2.05) is 12.1 Å². The predicted octanol–water partition coefficient (Wildman–Crippen LogP) is 2.90. The second-order valence-corrected chi connectivity index (χ2v) is 7.27. The maximum Gasteiger partial charge on any atom is 0.490 e. The van der Waals surface area contributed by atoms with Crippen LogP contribution in [0.3, 0.4) is 0 Å². The van der Waals surface area contributed by atoms with Crippen LogP contribution < -0.4 is 5.32 Å². The van der Waals surface area contributed by atoms with E-state index < -0.39 is 12.1 Å². The molecule has 0 aromatic carbocycles. The van der Waals surface area contributed by atoms with E-state index in [0.29, 0.717) is 24.4 Å². The molecule has 1 aromatic rings. The predicted molar refractivity (Wildman–Crippen MR) is 90.7 cm³/mol. The molecule has 1 aromatic heterocycles. The Labute approximate surface area is 155 Å². The molecule has 2 fully saturated rings. The highest BCUT2D eigenvalue weighted by molar-refractivity contribution is 5.79. The van der Waals surface area contributed by atoms with Crippen LogP contribution in [0, 0.1) is 17.8 Å². The van der Waals surface area contributed by atoms with Gasteiger partial charge in [0.05, 0.1) is 12.8 Å². The molecule has 2 bridgehead atoms. The summed E-state index contributed by atoms with van der Waals surface area (Å²) in [6.45, 7) is 7.16. The zero-order valence-electron chi connectivity index (χ0n) is 15.3. The third-order valence-corrected chi connectivity index (χ3v) is 5.15. The molecule has 2 unspecified atom stereocenters. The number of nitrogens with one attached hydrogen (secondary N) is 1. The van der Waals surface area contributed by atoms with Gasteiger partial charge < -0.3 is 19.7 Å². The number of carboxylic acids is 1. The molecule has 0 spiro atoms. The summed E-state index contributed by atoms with van der Waals surface area (Å²) in [6.07, 6.45) is -1.04. The van der Waals surface area contributed by atoms with Gasteiger partial charge in [-0.25, -0.2) is 4.79 Å². The number of hydrogen-bond donors (Lipinski definition) is 2. The van der Waals surface area contributed by atoms with Crippen LogP contribution in [0.25, 0.3) is 0 Å². The minimum Gasteiger partial charge on any atom is -0.475 e. The number of carboxylic acid groups (broad SMARTS) is 1. The van der Waals surface area contributed by atoms with Crippen molar-refractivity contribution in [2.24, 2.45) is 17.8 Å². The first kappa shape index (κ1) is 21.3. The normalized spacial score (nSPS) is 25.0. The van der Waals surface area contributed by atoms with Crippen molar-refractivity contribution < 1.29 is 32.3 Å². The number of carbonyl (C=O) groups excluding carboxylic acids is 1. The summed E-state index contributed by atoms with van der Waals surface area (Å²) in [6, 6.07) is 4.34. The van der Waals surface area contributed by atoms with E-state index in [1.54, 1.807) is 6.26 Å². The maximum atomic E-state index is 12.5. The van der Waals surface area contributed by atoms with Gasteiger partial charge in [0.2, 0.25) is 5.91 Å². The Morgan fingerprint density at radius 3 is 2.26 bits per heavy atom. The summed E-state index contributed by atoms with van der Waals surface area (Å²) in [5.41, 5.74) is 0. The van der Waals surface area contributed by atoms with Crippen LogP contribution in [-0.4, -0.2) is 47.2 Å². The number of fused-ring (bicyclic) bond motifs is 2. The smallest absolute Gasteiger partial charge is 0.475 e. The van der Waals surface area contributed by atoms with Crippen LogP contribution in [0.2, 0.25) is 0 Å². The number of aliphatic carboxylic acids is 1. The lowest BCUT2D eigenvalue weighted by molar-refractivity contribution is -0.192. The number of likely N-dealkylation sites (tertiary alicyclic amines) is 1. The van der Waals surface area contributed by atoms with Crippen LogP contribution in [-0.2, 0) is 16.1 Å². The van der Waals surface area contributed by atoms with Gasteiger partial charge >= 0.3 is 12.1 Å². The van der Waals surface area contributed by atoms with Crippen molar-refractivity contribution in [1.82, 2.24) is 10.2 Å². The Morgan fingerprint density at radius 1 is 1.30 bits per heavy atom. The minimum atomic E-state index is -5.08. The Balaban J connectivity index is 0.000000321. The van der Waals surface area contributed by atoms with E-state index in [0.717, 1.165) is 18.8 Å². The molecular formula is C18H25F3N2O4. The summed E-state index contributed by atoms with van der Waals surface area (Å²) < 4.78 is 37.0. The Kier molecular flexibility index (Phi) is 6.91. The first-order chi connectivity index (χ1) is 12.6. The average molecular weight is 390 g/mol. The number of carbonyl (C=O) groups is 2. The summed E-state index contributed by atoms with van der Waals surface area (Å²) in [5.74, 6) is -0.435. The third kappa shape index (κ3) is 5.72. The van der Waals surface area contributed by atoms with Crippen molar-refractivity contribution in [2.45, 2.75) is 45.5 Å². The van der Waals surface area contributed by atoms with Gasteiger partial charge in [0, 0.05) is 25.0 Å². The van der Waals surface area contributed by atoms with Crippen LogP contribution in [0.15, 0.2) is 22.8 Å². The van der Waals surface area contributed by atoms with E-state index >= 15 is 0 Å². The van der Waals surface area contributed by atoms with Gasteiger partial charge in [-0.05, 0) is 50.7 Å². The molecule has 1 saturated carbocycles. The number of hydrogen-bond acceptors (Lipinski definition) is 4. The fourth-order valence-corrected chi connectivity index (χ4v) is 3.81. The molecule has 0 radical (unpaired) electrons. The maximum absolute atomic E-state index is 12.5. The van der Waals surface area contributed by atoms with E-state index in [2.05, 4.69) is 24.1 Å². The highest BCUT2D eigenvalue weighted by atomic mass is 19.4. The van der Waals surface area contributed by atoms with Gasteiger partial charge in [-0.15, -0.1) is 0 Å². The summed E-state index contributed by atoms with van der Waals surface area (Å²) >= 11 is 0. The summed E-state index contributed by atoms with van der Waals surface area (Å²) in [4.78, 5) is 23.9.